The summed E-state index contributed by atoms with van der Waals surface area (Å²) in [6.45, 7) is 9.99. The van der Waals surface area contributed by atoms with E-state index in [-0.39, 0.29) is 17.0 Å². The first-order chi connectivity index (χ1) is 19.3. The van der Waals surface area contributed by atoms with Crippen LogP contribution in [0.5, 0.6) is 0 Å². The fourth-order valence-corrected chi connectivity index (χ4v) is 7.48. The Morgan fingerprint density at radius 3 is 2.20 bits per heavy atom. The van der Waals surface area contributed by atoms with Gasteiger partial charge >= 0.3 is 23.9 Å². The number of carbonyl (C=O) groups excluding carboxylic acids is 4. The Morgan fingerprint density at radius 1 is 0.902 bits per heavy atom. The largest absolute Gasteiger partial charge is 0.472 e. The molecule has 3 aliphatic rings. The minimum Gasteiger partial charge on any atom is -0.472 e. The van der Waals surface area contributed by atoms with Crippen LogP contribution in [-0.2, 0) is 33.3 Å². The van der Waals surface area contributed by atoms with Crippen LogP contribution in [0.1, 0.15) is 75.1 Å². The number of nitrogens with zero attached hydrogens (tertiary/aromatic N) is 1. The Labute approximate surface area is 237 Å². The highest BCUT2D eigenvalue weighted by molar-refractivity contribution is 5.90. The van der Waals surface area contributed by atoms with E-state index in [1.54, 1.807) is 19.1 Å². The van der Waals surface area contributed by atoms with E-state index in [0.29, 0.717) is 12.8 Å². The van der Waals surface area contributed by atoms with Gasteiger partial charge < -0.3 is 28.1 Å². The molecule has 5 rings (SSSR count). The number of esters is 4. The Morgan fingerprint density at radius 2 is 1.59 bits per heavy atom. The van der Waals surface area contributed by atoms with Crippen LogP contribution in [-0.4, -0.2) is 64.5 Å². The number of furan rings is 1. The molecular weight excluding hydrogens is 534 g/mol. The second kappa shape index (κ2) is 10.3. The van der Waals surface area contributed by atoms with E-state index >= 15 is 0 Å². The summed E-state index contributed by atoms with van der Waals surface area (Å²) in [5.41, 5.74) is -3.24. The summed E-state index contributed by atoms with van der Waals surface area (Å²) in [6, 6.07) is 4.66. The van der Waals surface area contributed by atoms with Gasteiger partial charge in [-0.1, -0.05) is 6.92 Å². The lowest BCUT2D eigenvalue weighted by Gasteiger charge is -2.62. The molecule has 2 bridgehead atoms. The van der Waals surface area contributed by atoms with Crippen molar-refractivity contribution >= 4 is 23.9 Å². The second-order valence-corrected chi connectivity index (χ2v) is 11.9. The topological polar surface area (TPSA) is 140 Å². The lowest BCUT2D eigenvalue weighted by Crippen LogP contribution is -2.76. The highest BCUT2D eigenvalue weighted by atomic mass is 16.6. The van der Waals surface area contributed by atoms with Crippen LogP contribution in [0.25, 0.3) is 0 Å². The predicted molar refractivity (Wildman–Crippen MR) is 140 cm³/mol. The lowest BCUT2D eigenvalue weighted by atomic mass is 9.48. The second-order valence-electron chi connectivity index (χ2n) is 11.9. The maximum Gasteiger partial charge on any atom is 0.341 e. The van der Waals surface area contributed by atoms with Crippen molar-refractivity contribution in [2.75, 3.05) is 0 Å². The van der Waals surface area contributed by atoms with Crippen LogP contribution in [0.2, 0.25) is 0 Å². The molecule has 8 atom stereocenters. The van der Waals surface area contributed by atoms with Crippen LogP contribution >= 0.6 is 0 Å². The average molecular weight is 570 g/mol. The SMILES string of the molecule is CC(=O)O[C@@H]1[C@H]2[C@@H](OC(=O)c3ccoc3)[C@@]3(OC2(C)C)[C@H](C)CC[C@@H](OC(C)=O)[C@]3(C)[C@H]1OC(=O)c1cccnc1. The number of fused-ring (bicyclic) bond motifs is 1. The normalized spacial score (nSPS) is 35.1. The van der Waals surface area contributed by atoms with E-state index in [4.69, 9.17) is 28.1 Å². The molecular formula is C30H35NO10. The first-order valence-corrected chi connectivity index (χ1v) is 13.7. The van der Waals surface area contributed by atoms with Crippen molar-refractivity contribution in [3.05, 3.63) is 54.2 Å². The Hall–Kier alpha value is -3.73. The molecule has 0 N–H and O–H groups in total. The molecule has 2 aliphatic carbocycles. The molecule has 11 nitrogen and oxygen atoms in total. The van der Waals surface area contributed by atoms with E-state index in [1.165, 1.54) is 44.8 Å². The van der Waals surface area contributed by atoms with Gasteiger partial charge in [-0.05, 0) is 57.7 Å². The highest BCUT2D eigenvalue weighted by Gasteiger charge is 2.82. The van der Waals surface area contributed by atoms with Crippen LogP contribution in [0.15, 0.2) is 47.5 Å². The molecule has 1 aliphatic heterocycles. The maximum atomic E-state index is 13.5. The van der Waals surface area contributed by atoms with Crippen LogP contribution in [0, 0.1) is 17.3 Å². The summed E-state index contributed by atoms with van der Waals surface area (Å²) in [4.78, 5) is 55.9. The lowest BCUT2D eigenvalue weighted by molar-refractivity contribution is -0.296. The molecule has 3 heterocycles. The number of carbonyl (C=O) groups is 4. The van der Waals surface area contributed by atoms with Gasteiger partial charge in [0.15, 0.2) is 6.10 Å². The molecule has 0 aromatic carbocycles. The molecule has 2 aromatic heterocycles. The van der Waals surface area contributed by atoms with Gasteiger partial charge in [-0.25, -0.2) is 9.59 Å². The van der Waals surface area contributed by atoms with Crippen LogP contribution < -0.4 is 0 Å². The third-order valence-corrected chi connectivity index (χ3v) is 9.06. The smallest absolute Gasteiger partial charge is 0.341 e. The van der Waals surface area contributed by atoms with Gasteiger partial charge in [-0.2, -0.15) is 0 Å². The van der Waals surface area contributed by atoms with E-state index in [9.17, 15) is 19.2 Å². The van der Waals surface area contributed by atoms with Crippen molar-refractivity contribution in [2.45, 2.75) is 90.0 Å². The fourth-order valence-electron chi connectivity index (χ4n) is 7.48. The fraction of sp³-hybridized carbons (Fsp3) is 0.567. The van der Waals surface area contributed by atoms with Crippen molar-refractivity contribution < 1.29 is 47.3 Å². The molecule has 220 valence electrons. The standard InChI is InChI=1S/C30H35NO10/c1-16-9-10-21(37-17(2)32)29(6)25(40-26(34)19-8-7-12-31-14-19)23(38-18(3)33)22-24(30(16,29)41-28(22,4)5)39-27(35)20-11-13-36-15-20/h7-8,11-16,21-25H,9-10H2,1-6H3/t16-,21-,22+,23-,24-,25+,29-,30+/m1/s1. The molecule has 1 saturated heterocycles. The quantitative estimate of drug-likeness (QED) is 0.369. The zero-order valence-electron chi connectivity index (χ0n) is 23.9. The van der Waals surface area contributed by atoms with E-state index < -0.39 is 70.8 Å². The van der Waals surface area contributed by atoms with Gasteiger partial charge in [-0.15, -0.1) is 0 Å². The van der Waals surface area contributed by atoms with Gasteiger partial charge in [0.05, 0.1) is 34.3 Å². The number of hydrogen-bond donors (Lipinski definition) is 0. The van der Waals surface area contributed by atoms with Gasteiger partial charge in [0, 0.05) is 26.2 Å². The third kappa shape index (κ3) is 4.50. The van der Waals surface area contributed by atoms with E-state index in [1.807, 2.05) is 20.8 Å². The molecule has 0 amide bonds. The molecule has 11 heteroatoms. The minimum absolute atomic E-state index is 0.195. The molecule has 0 radical (unpaired) electrons. The summed E-state index contributed by atoms with van der Waals surface area (Å²) in [7, 11) is 0. The summed E-state index contributed by atoms with van der Waals surface area (Å²) in [5, 5.41) is 0. The number of rotatable bonds is 6. The molecule has 2 aromatic rings. The van der Waals surface area contributed by atoms with E-state index in [2.05, 4.69) is 4.98 Å². The molecule has 2 saturated carbocycles. The minimum atomic E-state index is -1.32. The van der Waals surface area contributed by atoms with Crippen molar-refractivity contribution in [1.29, 1.82) is 0 Å². The molecule has 1 spiro atoms. The Balaban J connectivity index is 1.71. The average Bonchev–Trinajstić information content (AvgIpc) is 3.51. The molecule has 0 unspecified atom stereocenters. The monoisotopic (exact) mass is 569 g/mol. The van der Waals surface area contributed by atoms with Gasteiger partial charge in [-0.3, -0.25) is 14.6 Å². The van der Waals surface area contributed by atoms with Gasteiger partial charge in [0.1, 0.15) is 30.2 Å². The Kier molecular flexibility index (Phi) is 7.21. The highest BCUT2D eigenvalue weighted by Crippen LogP contribution is 2.68. The zero-order chi connectivity index (χ0) is 29.7. The third-order valence-electron chi connectivity index (χ3n) is 9.06. The summed E-state index contributed by atoms with van der Waals surface area (Å²) in [6.07, 6.45) is 2.50. The first kappa shape index (κ1) is 28.8. The first-order valence-electron chi connectivity index (χ1n) is 13.7. The van der Waals surface area contributed by atoms with E-state index in [0.717, 1.165) is 0 Å². The molecule has 3 fully saturated rings. The van der Waals surface area contributed by atoms with Crippen molar-refractivity contribution in [3.8, 4) is 0 Å². The van der Waals surface area contributed by atoms with Crippen LogP contribution in [0.4, 0.5) is 0 Å². The summed E-state index contributed by atoms with van der Waals surface area (Å²) in [5.74, 6) is -3.49. The zero-order valence-corrected chi connectivity index (χ0v) is 23.9. The number of aromatic nitrogens is 1. The van der Waals surface area contributed by atoms with Gasteiger partial charge in [0.2, 0.25) is 0 Å². The number of hydrogen-bond acceptors (Lipinski definition) is 11. The van der Waals surface area contributed by atoms with Gasteiger partial charge in [0.25, 0.3) is 0 Å². The predicted octanol–water partition coefficient (Wildman–Crippen LogP) is 3.90. The maximum absolute atomic E-state index is 13.5. The Bertz CT molecular complexity index is 1320. The number of pyridine rings is 1. The van der Waals surface area contributed by atoms with Crippen molar-refractivity contribution in [2.24, 2.45) is 17.3 Å². The summed E-state index contributed by atoms with van der Waals surface area (Å²) >= 11 is 0. The summed E-state index contributed by atoms with van der Waals surface area (Å²) < 4.78 is 36.4. The van der Waals surface area contributed by atoms with Crippen molar-refractivity contribution in [1.82, 2.24) is 4.98 Å². The van der Waals surface area contributed by atoms with Crippen molar-refractivity contribution in [3.63, 3.8) is 0 Å². The molecule has 41 heavy (non-hydrogen) atoms. The van der Waals surface area contributed by atoms with Crippen LogP contribution in [0.3, 0.4) is 0 Å². The number of ether oxygens (including phenoxy) is 5.